The summed E-state index contributed by atoms with van der Waals surface area (Å²) >= 11 is 1.34. The van der Waals surface area contributed by atoms with E-state index in [2.05, 4.69) is 19.2 Å². The molecular formula is C15H19NO3S. The van der Waals surface area contributed by atoms with Crippen molar-refractivity contribution in [2.75, 3.05) is 0 Å². The number of nitrogens with one attached hydrogen (secondary N) is 1. The molecule has 0 bridgehead atoms. The molecule has 1 heterocycles. The molecule has 1 amide bonds. The van der Waals surface area contributed by atoms with Crippen LogP contribution in [0, 0.1) is 5.41 Å². The Balaban J connectivity index is 2.03. The van der Waals surface area contributed by atoms with Gasteiger partial charge in [0.25, 0.3) is 5.91 Å². The predicted molar refractivity (Wildman–Crippen MR) is 79.9 cm³/mol. The zero-order valence-electron chi connectivity index (χ0n) is 11.7. The van der Waals surface area contributed by atoms with Crippen molar-refractivity contribution in [3.05, 3.63) is 28.0 Å². The minimum absolute atomic E-state index is 0.104. The highest BCUT2D eigenvalue weighted by atomic mass is 32.1. The normalized spacial score (nSPS) is 21.2. The lowest BCUT2D eigenvalue weighted by molar-refractivity contribution is -0.131. The van der Waals surface area contributed by atoms with Gasteiger partial charge in [-0.25, -0.2) is 4.79 Å². The highest BCUT2D eigenvalue weighted by molar-refractivity contribution is 7.12. The van der Waals surface area contributed by atoms with Gasteiger partial charge in [-0.05, 0) is 47.8 Å². The minimum atomic E-state index is -1.01. The van der Waals surface area contributed by atoms with Crippen molar-refractivity contribution in [1.82, 2.24) is 5.32 Å². The first-order valence-electron chi connectivity index (χ1n) is 6.67. The van der Waals surface area contributed by atoms with Gasteiger partial charge in [-0.3, -0.25) is 4.79 Å². The minimum Gasteiger partial charge on any atom is -0.478 e. The molecule has 1 atom stereocenters. The molecule has 0 saturated heterocycles. The summed E-state index contributed by atoms with van der Waals surface area (Å²) < 4.78 is 0. The van der Waals surface area contributed by atoms with Crippen LogP contribution in [0.3, 0.4) is 0 Å². The van der Waals surface area contributed by atoms with E-state index in [0.717, 1.165) is 25.3 Å². The highest BCUT2D eigenvalue weighted by Crippen LogP contribution is 2.37. The molecular weight excluding hydrogens is 274 g/mol. The lowest BCUT2D eigenvalue weighted by Crippen LogP contribution is -2.33. The smallest absolute Gasteiger partial charge is 0.328 e. The first-order chi connectivity index (χ1) is 9.37. The van der Waals surface area contributed by atoms with E-state index < -0.39 is 5.97 Å². The van der Waals surface area contributed by atoms with Gasteiger partial charge in [-0.15, -0.1) is 11.3 Å². The number of thiophene rings is 1. The summed E-state index contributed by atoms with van der Waals surface area (Å²) in [7, 11) is 0. The Hall–Kier alpha value is -1.62. The number of amides is 1. The number of carbonyl (C=O) groups excluding carboxylic acids is 1. The molecule has 1 unspecified atom stereocenters. The van der Waals surface area contributed by atoms with E-state index in [9.17, 15) is 9.59 Å². The third-order valence-electron chi connectivity index (χ3n) is 3.61. The first-order valence-corrected chi connectivity index (χ1v) is 7.55. The van der Waals surface area contributed by atoms with Gasteiger partial charge in [-0.1, -0.05) is 13.8 Å². The van der Waals surface area contributed by atoms with Crippen molar-refractivity contribution >= 4 is 29.3 Å². The summed E-state index contributed by atoms with van der Waals surface area (Å²) in [6, 6.07) is 1.98. The van der Waals surface area contributed by atoms with Crippen molar-refractivity contribution < 1.29 is 14.7 Å². The summed E-state index contributed by atoms with van der Waals surface area (Å²) in [6.45, 7) is 4.43. The maximum Gasteiger partial charge on any atom is 0.328 e. The van der Waals surface area contributed by atoms with E-state index in [4.69, 9.17) is 5.11 Å². The summed E-state index contributed by atoms with van der Waals surface area (Å²) in [5.41, 5.74) is 0.951. The standard InChI is InChI=1S/C15H19NO3S/c1-15(2)7-5-11(9-15)16-14(19)13-10(6-8-20-13)3-4-12(17)18/h3-4,6,8,11H,5,7,9H2,1-2H3,(H,16,19)(H,17,18)/b4-3+. The molecule has 1 aromatic heterocycles. The topological polar surface area (TPSA) is 66.4 Å². The second kappa shape index (κ2) is 5.79. The van der Waals surface area contributed by atoms with E-state index >= 15 is 0 Å². The van der Waals surface area contributed by atoms with Gasteiger partial charge in [0.15, 0.2) is 0 Å². The second-order valence-electron chi connectivity index (χ2n) is 5.95. The first kappa shape index (κ1) is 14.8. The fourth-order valence-electron chi connectivity index (χ4n) is 2.61. The van der Waals surface area contributed by atoms with E-state index in [1.54, 1.807) is 11.4 Å². The zero-order valence-corrected chi connectivity index (χ0v) is 12.5. The van der Waals surface area contributed by atoms with Crippen LogP contribution in [0.2, 0.25) is 0 Å². The van der Waals surface area contributed by atoms with E-state index in [1.165, 1.54) is 17.4 Å². The van der Waals surface area contributed by atoms with Gasteiger partial charge >= 0.3 is 5.97 Å². The molecule has 0 spiro atoms. The van der Waals surface area contributed by atoms with E-state index in [-0.39, 0.29) is 11.9 Å². The van der Waals surface area contributed by atoms with Crippen LogP contribution in [-0.2, 0) is 4.79 Å². The van der Waals surface area contributed by atoms with Crippen LogP contribution in [0.4, 0.5) is 0 Å². The van der Waals surface area contributed by atoms with Crippen LogP contribution in [0.5, 0.6) is 0 Å². The number of hydrogen-bond donors (Lipinski definition) is 2. The highest BCUT2D eigenvalue weighted by Gasteiger charge is 2.32. The summed E-state index contributed by atoms with van der Waals surface area (Å²) in [4.78, 5) is 23.4. The molecule has 1 aromatic rings. The molecule has 0 radical (unpaired) electrons. The molecule has 1 saturated carbocycles. The Bertz CT molecular complexity index is 545. The fourth-order valence-corrected chi connectivity index (χ4v) is 3.40. The zero-order chi connectivity index (χ0) is 14.8. The third kappa shape index (κ3) is 3.70. The summed E-state index contributed by atoms with van der Waals surface area (Å²) in [5, 5.41) is 13.5. The Labute approximate surface area is 122 Å². The number of carboxylic acids is 1. The van der Waals surface area contributed by atoms with Crippen molar-refractivity contribution in [3.63, 3.8) is 0 Å². The number of carbonyl (C=O) groups is 2. The Morgan fingerprint density at radius 1 is 1.50 bits per heavy atom. The van der Waals surface area contributed by atoms with Gasteiger partial charge in [0.2, 0.25) is 0 Å². The molecule has 0 aromatic carbocycles. The van der Waals surface area contributed by atoms with Crippen LogP contribution in [0.1, 0.15) is 48.3 Å². The second-order valence-corrected chi connectivity index (χ2v) is 6.87. The molecule has 2 rings (SSSR count). The molecule has 1 aliphatic carbocycles. The van der Waals surface area contributed by atoms with Gasteiger partial charge in [0.1, 0.15) is 0 Å². The van der Waals surface area contributed by atoms with Crippen molar-refractivity contribution in [2.45, 2.75) is 39.2 Å². The average molecular weight is 293 g/mol. The summed E-state index contributed by atoms with van der Waals surface area (Å²) in [5.74, 6) is -1.12. The van der Waals surface area contributed by atoms with Crippen molar-refractivity contribution in [2.24, 2.45) is 5.41 Å². The van der Waals surface area contributed by atoms with Crippen LogP contribution in [0.25, 0.3) is 6.08 Å². The number of hydrogen-bond acceptors (Lipinski definition) is 3. The number of carboxylic acid groups (broad SMARTS) is 1. The van der Waals surface area contributed by atoms with Crippen LogP contribution >= 0.6 is 11.3 Å². The molecule has 1 aliphatic rings. The van der Waals surface area contributed by atoms with Crippen LogP contribution in [-0.4, -0.2) is 23.0 Å². The maximum absolute atomic E-state index is 12.3. The molecule has 4 nitrogen and oxygen atoms in total. The Kier molecular flexibility index (Phi) is 4.28. The van der Waals surface area contributed by atoms with Crippen molar-refractivity contribution in [1.29, 1.82) is 0 Å². The van der Waals surface area contributed by atoms with Gasteiger partial charge in [-0.2, -0.15) is 0 Å². The monoisotopic (exact) mass is 293 g/mol. The lowest BCUT2D eigenvalue weighted by Gasteiger charge is -2.17. The number of rotatable bonds is 4. The fraction of sp³-hybridized carbons (Fsp3) is 0.467. The van der Waals surface area contributed by atoms with Crippen LogP contribution < -0.4 is 5.32 Å². The maximum atomic E-state index is 12.3. The van der Waals surface area contributed by atoms with Gasteiger partial charge < -0.3 is 10.4 Å². The Morgan fingerprint density at radius 2 is 2.25 bits per heavy atom. The molecule has 2 N–H and O–H groups in total. The third-order valence-corrected chi connectivity index (χ3v) is 4.54. The molecule has 0 aliphatic heterocycles. The molecule has 108 valence electrons. The molecule has 1 fully saturated rings. The summed E-state index contributed by atoms with van der Waals surface area (Å²) in [6.07, 6.45) is 5.63. The molecule has 5 heteroatoms. The number of aliphatic carboxylic acids is 1. The van der Waals surface area contributed by atoms with E-state index in [1.807, 2.05) is 0 Å². The average Bonchev–Trinajstić information content (AvgIpc) is 2.93. The predicted octanol–water partition coefficient (Wildman–Crippen LogP) is 3.15. The van der Waals surface area contributed by atoms with Crippen LogP contribution in [0.15, 0.2) is 17.5 Å². The Morgan fingerprint density at radius 3 is 2.85 bits per heavy atom. The van der Waals surface area contributed by atoms with Crippen molar-refractivity contribution in [3.8, 4) is 0 Å². The SMILES string of the molecule is CC1(C)CCC(NC(=O)c2sccc2/C=C/C(=O)O)C1. The lowest BCUT2D eigenvalue weighted by atomic mass is 9.92. The largest absolute Gasteiger partial charge is 0.478 e. The van der Waals surface area contributed by atoms with Gasteiger partial charge in [0.05, 0.1) is 4.88 Å². The molecule has 20 heavy (non-hydrogen) atoms. The van der Waals surface area contributed by atoms with Gasteiger partial charge in [0, 0.05) is 12.1 Å². The quantitative estimate of drug-likeness (QED) is 0.838. The van der Waals surface area contributed by atoms with E-state index in [0.29, 0.717) is 15.9 Å².